The van der Waals surface area contributed by atoms with Crippen LogP contribution in [0.5, 0.6) is 0 Å². The van der Waals surface area contributed by atoms with E-state index in [9.17, 15) is 117 Å². The molecule has 5 aliphatic carbocycles. The van der Waals surface area contributed by atoms with Gasteiger partial charge in [0.1, 0.15) is 134 Å². The number of carbonyl (C=O) groups is 2. The van der Waals surface area contributed by atoms with Gasteiger partial charge in [0, 0.05) is 5.41 Å². The highest BCUT2D eigenvalue weighted by Crippen LogP contribution is 2.76. The predicted octanol–water partition coefficient (Wildman–Crippen LogP) is -8.22. The van der Waals surface area contributed by atoms with Gasteiger partial charge in [-0.05, 0) is 104 Å². The standard InChI is InChI=1S/C70H112O38/c1-25-47(101-56-41(84)35(78)29(77)21-95-56)50(104-62-53(90)70(94,23-75)24-96-62)46(89)58(97-25)106-52-40(83)37(80)31(19-72)100-61(52)108-63(93)69-14-12-64(2,3)16-27(69)26-8-9-34-65(4)17-28(76)54(66(5,22-74)33(65)10-11-68(34,7)67(26,6)13-15-69)107-60-45(88)49(43(86)51(105-60)55(91)92)103-59-44(87)48(38(81)32(20-73)99-59)102-57-42(85)39(82)36(79)30(18-71)98-57/h8,25,27-54,56-62,71-90,94H,9-24H2,1-7H3,(H,91,92)/t25-,27-,28-,29+,30+,31+,32+,33+,34+,35-,36+,37+,38-,39-,40-,41+,42+,43-,44+,45+,46+,47-,48-,49-,50-,51-,52+,53-,54-,56-,57-,58-,59-,60-,61-,62-,65-,66-,67+,68+,69-,70+/m0/s1. The van der Waals surface area contributed by atoms with Crippen molar-refractivity contribution in [3.8, 4) is 0 Å². The van der Waals surface area contributed by atoms with Gasteiger partial charge < -0.3 is 179 Å². The fraction of sp³-hybridized carbons (Fsp3) is 0.943. The number of fused-ring (bicyclic) bond motifs is 7. The molecule has 4 saturated carbocycles. The summed E-state index contributed by atoms with van der Waals surface area (Å²) in [4.78, 5) is 28.7. The Balaban J connectivity index is 0.779. The number of carboxylic acid groups (broad SMARTS) is 1. The molecule has 42 atom stereocenters. The smallest absolute Gasteiger partial charge is 0.335 e. The third kappa shape index (κ3) is 14.4. The Morgan fingerprint density at radius 1 is 0.491 bits per heavy atom. The maximum Gasteiger partial charge on any atom is 0.335 e. The Morgan fingerprint density at radius 3 is 1.64 bits per heavy atom. The van der Waals surface area contributed by atoms with Crippen molar-refractivity contribution in [2.45, 2.75) is 315 Å². The zero-order valence-corrected chi connectivity index (χ0v) is 61.0. The average Bonchev–Trinajstić information content (AvgIpc) is 0.681. The molecule has 0 bridgehead atoms. The van der Waals surface area contributed by atoms with Gasteiger partial charge in [0.2, 0.25) is 6.29 Å². The molecular weight excluding hydrogens is 1450 g/mol. The number of rotatable bonds is 20. The molecule has 0 amide bonds. The van der Waals surface area contributed by atoms with Crippen LogP contribution < -0.4 is 0 Å². The van der Waals surface area contributed by atoms with E-state index in [2.05, 4.69) is 33.8 Å². The molecule has 0 radical (unpaired) electrons. The van der Waals surface area contributed by atoms with Crippen molar-refractivity contribution in [1.29, 1.82) is 0 Å². The van der Waals surface area contributed by atoms with Gasteiger partial charge in [0.05, 0.1) is 70.0 Å². The Morgan fingerprint density at radius 2 is 1.03 bits per heavy atom. The monoisotopic (exact) mass is 1560 g/mol. The van der Waals surface area contributed by atoms with E-state index in [-0.39, 0.29) is 24.2 Å². The molecule has 0 unspecified atom stereocenters. The summed E-state index contributed by atoms with van der Waals surface area (Å²) in [7, 11) is 0. The molecular formula is C70H112O38. The lowest BCUT2D eigenvalue weighted by molar-refractivity contribution is -0.385. The van der Waals surface area contributed by atoms with Crippen LogP contribution in [-0.2, 0) is 75.9 Å². The SMILES string of the molecule is C[C@@H]1O[C@@H](O[C@H]2[C@H](OC(=O)[C@]34CCC(C)(C)C[C@H]3C3=CC[C@@H]5[C@@]6(C)C[C@H](O)[C@H](O[C@@H]7O[C@H](C(=O)O)[C@@H](O)[C@H](O[C@@H]8O[C@H](CO)[C@H](O)[C@H](O[C@@H]9O[C@H](CO)[C@@H](O)[C@H](O)[C@H]9O)[C@H]8O)[C@H]7O)[C@@](C)(CO)[C@@H]6CC[C@@]5(C)[C@]3(C)CC4)O[C@H](CO)[C@@H](O)[C@@H]2O)[C@H](O)[C@H](O[C@@H]2OC[C@](O)(CO)[C@H]2O)[C@H]1O[C@@H]1OC[C@@H](O)[C@H](O)[C@H]1O. The molecule has 108 heavy (non-hydrogen) atoms. The molecule has 12 aliphatic rings. The van der Waals surface area contributed by atoms with Crippen LogP contribution in [0.3, 0.4) is 0 Å². The summed E-state index contributed by atoms with van der Waals surface area (Å²) in [6.07, 6.45) is -55.9. The molecule has 7 heterocycles. The summed E-state index contributed by atoms with van der Waals surface area (Å²) >= 11 is 0. The van der Waals surface area contributed by atoms with Crippen molar-refractivity contribution in [3.05, 3.63) is 11.6 Å². The molecule has 12 rings (SSSR count). The lowest BCUT2D eigenvalue weighted by Gasteiger charge is -2.72. The summed E-state index contributed by atoms with van der Waals surface area (Å²) < 4.78 is 83.1. The van der Waals surface area contributed by atoms with Gasteiger partial charge in [-0.15, -0.1) is 0 Å². The van der Waals surface area contributed by atoms with E-state index in [1.54, 1.807) is 6.92 Å². The second kappa shape index (κ2) is 31.7. The highest BCUT2D eigenvalue weighted by Gasteiger charge is 2.72. The summed E-state index contributed by atoms with van der Waals surface area (Å²) in [6.45, 7) is 8.24. The highest BCUT2D eigenvalue weighted by atomic mass is 16.8. The number of allylic oxidation sites excluding steroid dienone is 2. The number of esters is 1. The molecule has 38 heteroatoms. The van der Waals surface area contributed by atoms with Crippen molar-refractivity contribution in [2.24, 2.45) is 50.2 Å². The van der Waals surface area contributed by atoms with E-state index < -0.39 is 305 Å². The molecule has 0 aromatic heterocycles. The third-order valence-electron chi connectivity index (χ3n) is 27.1. The largest absolute Gasteiger partial charge is 0.479 e. The lowest BCUT2D eigenvalue weighted by atomic mass is 9.33. The molecule has 7 saturated heterocycles. The van der Waals surface area contributed by atoms with Crippen LogP contribution >= 0.6 is 0 Å². The zero-order valence-electron chi connectivity index (χ0n) is 61.0. The maximum absolute atomic E-state index is 15.8. The molecule has 11 fully saturated rings. The number of hydrogen-bond acceptors (Lipinski definition) is 37. The van der Waals surface area contributed by atoms with Crippen LogP contribution in [0.1, 0.15) is 106 Å². The van der Waals surface area contributed by atoms with Crippen LogP contribution in [0.25, 0.3) is 0 Å². The summed E-state index contributed by atoms with van der Waals surface area (Å²) in [6, 6.07) is 0. The first-order valence-corrected chi connectivity index (χ1v) is 37.2. The minimum Gasteiger partial charge on any atom is -0.479 e. The van der Waals surface area contributed by atoms with Gasteiger partial charge in [0.25, 0.3) is 0 Å². The fourth-order valence-electron chi connectivity index (χ4n) is 20.5. The minimum absolute atomic E-state index is 0.0218. The van der Waals surface area contributed by atoms with Gasteiger partial charge in [-0.1, -0.05) is 53.2 Å². The first-order chi connectivity index (χ1) is 50.7. The van der Waals surface area contributed by atoms with Crippen LogP contribution in [0.15, 0.2) is 11.6 Å². The highest BCUT2D eigenvalue weighted by molar-refractivity contribution is 5.79. The van der Waals surface area contributed by atoms with Crippen LogP contribution in [0.2, 0.25) is 0 Å². The second-order valence-corrected chi connectivity index (χ2v) is 34.0. The quantitative estimate of drug-likeness (QED) is 0.0306. The zero-order chi connectivity index (χ0) is 78.9. The number of hydrogen-bond donors (Lipinski definition) is 22. The number of carbonyl (C=O) groups excluding carboxylic acids is 1. The van der Waals surface area contributed by atoms with E-state index >= 15 is 4.79 Å². The summed E-state index contributed by atoms with van der Waals surface area (Å²) in [5, 5.41) is 243. The average molecular weight is 1560 g/mol. The van der Waals surface area contributed by atoms with Gasteiger partial charge in [0.15, 0.2) is 49.9 Å². The maximum atomic E-state index is 15.8. The third-order valence-corrected chi connectivity index (χ3v) is 27.1. The Kier molecular flexibility index (Phi) is 24.9. The molecule has 7 aliphatic heterocycles. The fourth-order valence-corrected chi connectivity index (χ4v) is 20.5. The second-order valence-electron chi connectivity index (χ2n) is 34.0. The van der Waals surface area contributed by atoms with E-state index in [1.807, 2.05) is 6.92 Å². The summed E-state index contributed by atoms with van der Waals surface area (Å²) in [5.41, 5.74) is -6.37. The number of carboxylic acids is 1. The molecule has 0 spiro atoms. The van der Waals surface area contributed by atoms with Crippen molar-refractivity contribution >= 4 is 11.9 Å². The molecule has 620 valence electrons. The van der Waals surface area contributed by atoms with Gasteiger partial charge in [-0.25, -0.2) is 4.79 Å². The summed E-state index contributed by atoms with van der Waals surface area (Å²) in [5.74, 6) is -3.77. The van der Waals surface area contributed by atoms with E-state index in [1.165, 1.54) is 6.92 Å². The predicted molar refractivity (Wildman–Crippen MR) is 351 cm³/mol. The number of aliphatic carboxylic acids is 1. The Bertz CT molecular complexity index is 3140. The van der Waals surface area contributed by atoms with Gasteiger partial charge >= 0.3 is 11.9 Å². The first kappa shape index (κ1) is 84.7. The number of aliphatic hydroxyl groups is 21. The molecule has 0 aromatic carbocycles. The number of ether oxygens (including phenoxy) is 14. The normalized spacial score (nSPS) is 54.5. The van der Waals surface area contributed by atoms with E-state index in [0.717, 1.165) is 5.57 Å². The van der Waals surface area contributed by atoms with Crippen molar-refractivity contribution < 1.29 is 188 Å². The van der Waals surface area contributed by atoms with Crippen molar-refractivity contribution in [3.63, 3.8) is 0 Å². The molecule has 22 N–H and O–H groups in total. The van der Waals surface area contributed by atoms with Gasteiger partial charge in [-0.3, -0.25) is 4.79 Å². The van der Waals surface area contributed by atoms with E-state index in [0.29, 0.717) is 44.9 Å². The number of aliphatic hydroxyl groups excluding tert-OH is 20. The van der Waals surface area contributed by atoms with Gasteiger partial charge in [-0.2, -0.15) is 0 Å². The lowest BCUT2D eigenvalue weighted by Crippen LogP contribution is -2.70. The van der Waals surface area contributed by atoms with Crippen LogP contribution in [0, 0.1) is 50.2 Å². The minimum atomic E-state index is -2.27. The van der Waals surface area contributed by atoms with Crippen molar-refractivity contribution in [2.75, 3.05) is 46.2 Å². The van der Waals surface area contributed by atoms with E-state index in [4.69, 9.17) is 66.3 Å². The molecule has 0 aromatic rings. The molecule has 38 nitrogen and oxygen atoms in total. The first-order valence-electron chi connectivity index (χ1n) is 37.2. The topological polar surface area (TPSA) is 608 Å². The van der Waals surface area contributed by atoms with Crippen molar-refractivity contribution in [1.82, 2.24) is 0 Å². The van der Waals surface area contributed by atoms with Crippen LogP contribution in [-0.4, -0.2) is 379 Å². The van der Waals surface area contributed by atoms with Crippen LogP contribution in [0.4, 0.5) is 0 Å². The Hall–Kier alpha value is -2.68. The Labute approximate surface area is 621 Å².